The molecule has 5 aromatic heterocycles. The Morgan fingerprint density at radius 1 is 0.700 bits per heavy atom. The van der Waals surface area contributed by atoms with E-state index < -0.39 is 0 Å². The standard InChI is InChI=1S/C32H24FN7/c33-24-8-6-22(7-9-24)31-25-14-29(38-27(25)10-11-36-31)32-26-13-28(37-19-30(26)39-40-32)23-12-21(17-35-18-23)16-34-15-20-4-2-1-3-5-20/h1-14,17-19,34,38H,15-16H2,(H,39,40). The van der Waals surface area contributed by atoms with Crippen LogP contribution in [0.3, 0.4) is 0 Å². The molecule has 0 unspecified atom stereocenters. The maximum Gasteiger partial charge on any atom is 0.123 e. The molecule has 0 spiro atoms. The molecule has 0 bridgehead atoms. The molecule has 0 atom stereocenters. The van der Waals surface area contributed by atoms with Crippen LogP contribution in [0.4, 0.5) is 4.39 Å². The Bertz CT molecular complexity index is 1940. The molecule has 7 aromatic rings. The summed E-state index contributed by atoms with van der Waals surface area (Å²) in [5.41, 5.74) is 9.11. The molecule has 7 nitrogen and oxygen atoms in total. The van der Waals surface area contributed by atoms with Crippen molar-refractivity contribution in [2.45, 2.75) is 13.1 Å². The highest BCUT2D eigenvalue weighted by Crippen LogP contribution is 2.34. The van der Waals surface area contributed by atoms with Crippen molar-refractivity contribution >= 4 is 21.8 Å². The lowest BCUT2D eigenvalue weighted by Crippen LogP contribution is -2.12. The van der Waals surface area contributed by atoms with Crippen LogP contribution in [-0.4, -0.2) is 30.1 Å². The summed E-state index contributed by atoms with van der Waals surface area (Å²) in [5, 5.41) is 13.1. The fraction of sp³-hybridized carbons (Fsp3) is 0.0625. The predicted molar refractivity (Wildman–Crippen MR) is 155 cm³/mol. The highest BCUT2D eigenvalue weighted by Gasteiger charge is 2.15. The molecule has 0 amide bonds. The molecule has 0 aliphatic carbocycles. The van der Waals surface area contributed by atoms with E-state index in [1.807, 2.05) is 48.8 Å². The van der Waals surface area contributed by atoms with E-state index >= 15 is 0 Å². The summed E-state index contributed by atoms with van der Waals surface area (Å²) in [6.45, 7) is 1.49. The van der Waals surface area contributed by atoms with Gasteiger partial charge in [-0.2, -0.15) is 5.10 Å². The first-order valence-corrected chi connectivity index (χ1v) is 13.0. The predicted octanol–water partition coefficient (Wildman–Crippen LogP) is 6.66. The van der Waals surface area contributed by atoms with Gasteiger partial charge < -0.3 is 10.3 Å². The van der Waals surface area contributed by atoms with Crippen molar-refractivity contribution in [1.29, 1.82) is 0 Å². The number of fused-ring (bicyclic) bond motifs is 2. The number of pyridine rings is 3. The lowest BCUT2D eigenvalue weighted by atomic mass is 10.1. The summed E-state index contributed by atoms with van der Waals surface area (Å²) in [4.78, 5) is 17.2. The molecule has 0 saturated heterocycles. The minimum absolute atomic E-state index is 0.276. The first-order valence-electron chi connectivity index (χ1n) is 13.0. The Labute approximate surface area is 229 Å². The van der Waals surface area contributed by atoms with Crippen molar-refractivity contribution < 1.29 is 4.39 Å². The molecular formula is C32H24FN7. The Morgan fingerprint density at radius 3 is 2.40 bits per heavy atom. The Kier molecular flexibility index (Phi) is 6.07. The van der Waals surface area contributed by atoms with Crippen LogP contribution in [0, 0.1) is 5.82 Å². The number of hydrogen-bond acceptors (Lipinski definition) is 5. The normalized spacial score (nSPS) is 11.4. The molecule has 5 heterocycles. The third-order valence-electron chi connectivity index (χ3n) is 6.96. The third-order valence-corrected chi connectivity index (χ3v) is 6.96. The van der Waals surface area contributed by atoms with Gasteiger partial charge >= 0.3 is 0 Å². The van der Waals surface area contributed by atoms with Crippen LogP contribution in [0.15, 0.2) is 104 Å². The molecule has 0 aliphatic rings. The summed E-state index contributed by atoms with van der Waals surface area (Å²) in [7, 11) is 0. The number of aromatic amines is 2. The maximum absolute atomic E-state index is 13.5. The number of hydrogen-bond donors (Lipinski definition) is 3. The fourth-order valence-electron chi connectivity index (χ4n) is 4.97. The van der Waals surface area contributed by atoms with Crippen LogP contribution in [0.5, 0.6) is 0 Å². The topological polar surface area (TPSA) is 95.2 Å². The van der Waals surface area contributed by atoms with Gasteiger partial charge in [0.25, 0.3) is 0 Å². The summed E-state index contributed by atoms with van der Waals surface area (Å²) in [5.74, 6) is -0.276. The largest absolute Gasteiger partial charge is 0.353 e. The minimum atomic E-state index is -0.276. The summed E-state index contributed by atoms with van der Waals surface area (Å²) in [6, 6.07) is 24.8. The molecule has 194 valence electrons. The van der Waals surface area contributed by atoms with Crippen LogP contribution in [0.25, 0.3) is 55.7 Å². The minimum Gasteiger partial charge on any atom is -0.353 e. The van der Waals surface area contributed by atoms with Gasteiger partial charge in [0, 0.05) is 59.1 Å². The van der Waals surface area contributed by atoms with Gasteiger partial charge in [0.05, 0.1) is 28.8 Å². The van der Waals surface area contributed by atoms with E-state index in [0.717, 1.165) is 67.8 Å². The molecule has 8 heteroatoms. The molecule has 40 heavy (non-hydrogen) atoms. The molecule has 7 rings (SSSR count). The molecule has 3 N–H and O–H groups in total. The fourth-order valence-corrected chi connectivity index (χ4v) is 4.97. The van der Waals surface area contributed by atoms with Gasteiger partial charge in [-0.3, -0.25) is 20.1 Å². The lowest BCUT2D eigenvalue weighted by Gasteiger charge is -2.07. The summed E-state index contributed by atoms with van der Waals surface area (Å²) < 4.78 is 13.5. The maximum atomic E-state index is 13.5. The first kappa shape index (κ1) is 23.9. The van der Waals surface area contributed by atoms with Gasteiger partial charge in [-0.05, 0) is 59.7 Å². The van der Waals surface area contributed by atoms with Crippen molar-refractivity contribution in [2.75, 3.05) is 0 Å². The van der Waals surface area contributed by atoms with Crippen molar-refractivity contribution in [3.05, 3.63) is 121 Å². The van der Waals surface area contributed by atoms with Crippen LogP contribution in [0.2, 0.25) is 0 Å². The zero-order valence-electron chi connectivity index (χ0n) is 21.4. The van der Waals surface area contributed by atoms with Crippen molar-refractivity contribution in [3.8, 4) is 33.9 Å². The Balaban J connectivity index is 1.20. The van der Waals surface area contributed by atoms with E-state index in [-0.39, 0.29) is 5.82 Å². The first-order chi connectivity index (χ1) is 19.7. The van der Waals surface area contributed by atoms with Gasteiger partial charge in [0.15, 0.2) is 0 Å². The van der Waals surface area contributed by atoms with Gasteiger partial charge in [-0.15, -0.1) is 0 Å². The average molecular weight is 526 g/mol. The van der Waals surface area contributed by atoms with Crippen molar-refractivity contribution in [1.82, 2.24) is 35.5 Å². The molecule has 0 radical (unpaired) electrons. The molecule has 0 fully saturated rings. The van der Waals surface area contributed by atoms with E-state index in [1.165, 1.54) is 17.7 Å². The Morgan fingerprint density at radius 2 is 1.52 bits per heavy atom. The quantitative estimate of drug-likeness (QED) is 0.216. The molecule has 2 aromatic carbocycles. The summed E-state index contributed by atoms with van der Waals surface area (Å²) in [6.07, 6.45) is 7.26. The van der Waals surface area contributed by atoms with Crippen molar-refractivity contribution in [3.63, 3.8) is 0 Å². The zero-order valence-corrected chi connectivity index (χ0v) is 21.4. The lowest BCUT2D eigenvalue weighted by molar-refractivity contribution is 0.628. The van der Waals surface area contributed by atoms with E-state index in [0.29, 0.717) is 6.54 Å². The highest BCUT2D eigenvalue weighted by atomic mass is 19.1. The SMILES string of the molecule is Fc1ccc(-c2nccc3[nH]c(-c4n[nH]c5cnc(-c6cncc(CNCc7ccccc7)c6)cc45)cc23)cc1. The number of nitrogens with zero attached hydrogens (tertiary/aromatic N) is 4. The molecule has 0 aliphatic heterocycles. The van der Waals surface area contributed by atoms with E-state index in [1.54, 1.807) is 24.5 Å². The summed E-state index contributed by atoms with van der Waals surface area (Å²) >= 11 is 0. The average Bonchev–Trinajstić information content (AvgIpc) is 3.62. The number of rotatable bonds is 7. The number of benzene rings is 2. The van der Waals surface area contributed by atoms with Gasteiger partial charge in [0.1, 0.15) is 11.5 Å². The van der Waals surface area contributed by atoms with Gasteiger partial charge in [-0.1, -0.05) is 30.3 Å². The molecule has 0 saturated carbocycles. The van der Waals surface area contributed by atoms with Gasteiger partial charge in [0.2, 0.25) is 0 Å². The van der Waals surface area contributed by atoms with Crippen LogP contribution in [-0.2, 0) is 13.1 Å². The van der Waals surface area contributed by atoms with Crippen LogP contribution >= 0.6 is 0 Å². The van der Waals surface area contributed by atoms with E-state index in [4.69, 9.17) is 0 Å². The van der Waals surface area contributed by atoms with Gasteiger partial charge in [-0.25, -0.2) is 4.39 Å². The Hall–Kier alpha value is -5.21. The second-order valence-corrected chi connectivity index (χ2v) is 9.67. The van der Waals surface area contributed by atoms with Crippen LogP contribution in [0.1, 0.15) is 11.1 Å². The second kappa shape index (κ2) is 10.2. The number of aromatic nitrogens is 6. The van der Waals surface area contributed by atoms with Crippen LogP contribution < -0.4 is 5.32 Å². The zero-order chi connectivity index (χ0) is 26.9. The highest BCUT2D eigenvalue weighted by molar-refractivity contribution is 6.00. The second-order valence-electron chi connectivity index (χ2n) is 9.67. The van der Waals surface area contributed by atoms with Crippen molar-refractivity contribution in [2.24, 2.45) is 0 Å². The van der Waals surface area contributed by atoms with E-state index in [2.05, 4.69) is 53.6 Å². The third kappa shape index (κ3) is 4.61. The smallest absolute Gasteiger partial charge is 0.123 e. The van der Waals surface area contributed by atoms with E-state index in [9.17, 15) is 4.39 Å². The monoisotopic (exact) mass is 525 g/mol. The molecular weight excluding hydrogens is 501 g/mol. The number of nitrogens with one attached hydrogen (secondary N) is 3. The number of halogens is 1. The number of H-pyrrole nitrogens is 2.